The molecule has 0 heterocycles. The highest BCUT2D eigenvalue weighted by atomic mass is 16.3. The smallest absolute Gasteiger partial charge is 0.119 e. The van der Waals surface area contributed by atoms with Crippen LogP contribution >= 0.6 is 0 Å². The second-order valence-electron chi connectivity index (χ2n) is 4.34. The van der Waals surface area contributed by atoms with Gasteiger partial charge in [-0.05, 0) is 24.6 Å². The Morgan fingerprint density at radius 3 is 1.94 bits per heavy atom. The number of benzene rings is 1. The van der Waals surface area contributed by atoms with E-state index in [0.29, 0.717) is 5.56 Å². The van der Waals surface area contributed by atoms with E-state index in [0.717, 1.165) is 0 Å². The van der Waals surface area contributed by atoms with Crippen LogP contribution in [0.3, 0.4) is 0 Å². The minimum atomic E-state index is -0.764. The van der Waals surface area contributed by atoms with Crippen molar-refractivity contribution < 1.29 is 15.3 Å². The fourth-order valence-electron chi connectivity index (χ4n) is 1.69. The summed E-state index contributed by atoms with van der Waals surface area (Å²) in [5.74, 6) is -0.100. The van der Waals surface area contributed by atoms with E-state index in [2.05, 4.69) is 5.32 Å². The van der Waals surface area contributed by atoms with Crippen molar-refractivity contribution >= 4 is 0 Å². The summed E-state index contributed by atoms with van der Waals surface area (Å²) < 4.78 is 0. The van der Waals surface area contributed by atoms with Gasteiger partial charge in [0.05, 0.1) is 6.10 Å². The molecular formula is C12H19NO3. The van der Waals surface area contributed by atoms with E-state index in [1.165, 1.54) is 18.2 Å². The molecule has 1 aromatic carbocycles. The van der Waals surface area contributed by atoms with E-state index in [9.17, 15) is 15.3 Å². The first kappa shape index (κ1) is 12.8. The third-order valence-corrected chi connectivity index (χ3v) is 2.34. The van der Waals surface area contributed by atoms with Gasteiger partial charge in [-0.2, -0.15) is 0 Å². The third kappa shape index (κ3) is 3.40. The van der Waals surface area contributed by atoms with Crippen LogP contribution in [0.4, 0.5) is 0 Å². The normalized spacial score (nSPS) is 15.1. The third-order valence-electron chi connectivity index (χ3n) is 2.34. The highest BCUT2D eigenvalue weighted by molar-refractivity contribution is 5.38. The molecule has 0 aromatic heterocycles. The molecule has 0 aliphatic heterocycles. The van der Waals surface area contributed by atoms with Crippen molar-refractivity contribution in [2.24, 2.45) is 0 Å². The van der Waals surface area contributed by atoms with Gasteiger partial charge in [0, 0.05) is 18.2 Å². The molecule has 0 bridgehead atoms. The van der Waals surface area contributed by atoms with Gasteiger partial charge in [-0.3, -0.25) is 0 Å². The van der Waals surface area contributed by atoms with Crippen LogP contribution in [0.5, 0.6) is 11.5 Å². The van der Waals surface area contributed by atoms with Crippen LogP contribution in [0.2, 0.25) is 0 Å². The Kier molecular flexibility index (Phi) is 4.15. The molecule has 0 radical (unpaired) electrons. The highest BCUT2D eigenvalue weighted by Crippen LogP contribution is 2.26. The lowest BCUT2D eigenvalue weighted by atomic mass is 10.0. The van der Waals surface area contributed by atoms with E-state index < -0.39 is 6.10 Å². The summed E-state index contributed by atoms with van der Waals surface area (Å²) >= 11 is 0. The van der Waals surface area contributed by atoms with Gasteiger partial charge in [-0.15, -0.1) is 0 Å². The fraction of sp³-hybridized carbons (Fsp3) is 0.500. The molecule has 0 aliphatic rings. The SMILES string of the molecule is CC(C)NC(C)C(O)c1cc(O)cc(O)c1. The molecule has 0 aliphatic carbocycles. The molecule has 0 spiro atoms. The van der Waals surface area contributed by atoms with E-state index >= 15 is 0 Å². The molecular weight excluding hydrogens is 206 g/mol. The number of hydrogen-bond acceptors (Lipinski definition) is 4. The molecule has 2 atom stereocenters. The van der Waals surface area contributed by atoms with E-state index in [-0.39, 0.29) is 23.6 Å². The van der Waals surface area contributed by atoms with Crippen molar-refractivity contribution in [3.63, 3.8) is 0 Å². The van der Waals surface area contributed by atoms with Gasteiger partial charge >= 0.3 is 0 Å². The number of phenols is 2. The van der Waals surface area contributed by atoms with Crippen LogP contribution in [0.15, 0.2) is 18.2 Å². The van der Waals surface area contributed by atoms with Crippen LogP contribution < -0.4 is 5.32 Å². The standard InChI is InChI=1S/C12H19NO3/c1-7(2)13-8(3)12(16)9-4-10(14)6-11(15)5-9/h4-8,12-16H,1-3H3. The second-order valence-corrected chi connectivity index (χ2v) is 4.34. The van der Waals surface area contributed by atoms with Crippen molar-refractivity contribution in [2.75, 3.05) is 0 Å². The lowest BCUT2D eigenvalue weighted by Gasteiger charge is -2.23. The first-order valence-electron chi connectivity index (χ1n) is 5.37. The molecule has 0 saturated heterocycles. The van der Waals surface area contributed by atoms with Gasteiger partial charge in [0.15, 0.2) is 0 Å². The number of phenolic OH excluding ortho intramolecular Hbond substituents is 2. The molecule has 4 nitrogen and oxygen atoms in total. The number of hydrogen-bond donors (Lipinski definition) is 4. The largest absolute Gasteiger partial charge is 0.508 e. The zero-order chi connectivity index (χ0) is 12.3. The topological polar surface area (TPSA) is 72.7 Å². The van der Waals surface area contributed by atoms with Crippen LogP contribution in [0.1, 0.15) is 32.4 Å². The van der Waals surface area contributed by atoms with Gasteiger partial charge in [-0.25, -0.2) is 0 Å². The molecule has 16 heavy (non-hydrogen) atoms. The summed E-state index contributed by atoms with van der Waals surface area (Å²) in [5.41, 5.74) is 0.498. The zero-order valence-corrected chi connectivity index (χ0v) is 9.81. The van der Waals surface area contributed by atoms with Crippen molar-refractivity contribution in [1.29, 1.82) is 0 Å². The van der Waals surface area contributed by atoms with Gasteiger partial charge < -0.3 is 20.6 Å². The van der Waals surface area contributed by atoms with Crippen molar-refractivity contribution in [2.45, 2.75) is 39.0 Å². The van der Waals surface area contributed by atoms with E-state index in [1.54, 1.807) is 0 Å². The van der Waals surface area contributed by atoms with Crippen molar-refractivity contribution in [3.05, 3.63) is 23.8 Å². The summed E-state index contributed by atoms with van der Waals surface area (Å²) in [6.45, 7) is 5.83. The van der Waals surface area contributed by atoms with Crippen LogP contribution in [0, 0.1) is 0 Å². The first-order valence-corrected chi connectivity index (χ1v) is 5.37. The predicted octanol–water partition coefficient (Wildman–Crippen LogP) is 1.52. The Morgan fingerprint density at radius 2 is 1.50 bits per heavy atom. The Morgan fingerprint density at radius 1 is 1.00 bits per heavy atom. The predicted molar refractivity (Wildman–Crippen MR) is 62.5 cm³/mol. The van der Waals surface area contributed by atoms with Gasteiger partial charge in [-0.1, -0.05) is 13.8 Å². The molecule has 4 heteroatoms. The molecule has 1 aromatic rings. The molecule has 0 amide bonds. The van der Waals surface area contributed by atoms with Crippen LogP contribution in [0.25, 0.3) is 0 Å². The number of aromatic hydroxyl groups is 2. The molecule has 4 N–H and O–H groups in total. The number of aliphatic hydroxyl groups excluding tert-OH is 1. The average Bonchev–Trinajstić information content (AvgIpc) is 2.13. The van der Waals surface area contributed by atoms with Crippen molar-refractivity contribution in [1.82, 2.24) is 5.32 Å². The molecule has 1 rings (SSSR count). The summed E-state index contributed by atoms with van der Waals surface area (Å²) in [5, 5.41) is 31.8. The van der Waals surface area contributed by atoms with E-state index in [4.69, 9.17) is 0 Å². The Balaban J connectivity index is 2.82. The van der Waals surface area contributed by atoms with Crippen molar-refractivity contribution in [3.8, 4) is 11.5 Å². The summed E-state index contributed by atoms with van der Waals surface area (Å²) in [6, 6.07) is 4.24. The maximum Gasteiger partial charge on any atom is 0.119 e. The quantitative estimate of drug-likeness (QED) is 0.627. The maximum absolute atomic E-state index is 10.0. The Labute approximate surface area is 95.6 Å². The van der Waals surface area contributed by atoms with Gasteiger partial charge in [0.1, 0.15) is 11.5 Å². The maximum atomic E-state index is 10.0. The second kappa shape index (κ2) is 5.18. The number of nitrogens with one attached hydrogen (secondary N) is 1. The average molecular weight is 225 g/mol. The summed E-state index contributed by atoms with van der Waals surface area (Å²) in [6.07, 6.45) is -0.764. The molecule has 0 fully saturated rings. The Hall–Kier alpha value is -1.26. The first-order chi connectivity index (χ1) is 7.40. The lowest BCUT2D eigenvalue weighted by Crippen LogP contribution is -2.36. The number of aliphatic hydroxyl groups is 1. The summed E-state index contributed by atoms with van der Waals surface area (Å²) in [4.78, 5) is 0. The van der Waals surface area contributed by atoms with Gasteiger partial charge in [0.25, 0.3) is 0 Å². The Bertz CT molecular complexity index is 332. The fourth-order valence-corrected chi connectivity index (χ4v) is 1.69. The monoisotopic (exact) mass is 225 g/mol. The highest BCUT2D eigenvalue weighted by Gasteiger charge is 2.18. The van der Waals surface area contributed by atoms with Gasteiger partial charge in [0.2, 0.25) is 0 Å². The summed E-state index contributed by atoms with van der Waals surface area (Å²) in [7, 11) is 0. The lowest BCUT2D eigenvalue weighted by molar-refractivity contribution is 0.131. The zero-order valence-electron chi connectivity index (χ0n) is 9.81. The number of rotatable bonds is 4. The minimum absolute atomic E-state index is 0.0502. The van der Waals surface area contributed by atoms with E-state index in [1.807, 2.05) is 20.8 Å². The minimum Gasteiger partial charge on any atom is -0.508 e. The molecule has 90 valence electrons. The van der Waals surface area contributed by atoms with Crippen LogP contribution in [-0.4, -0.2) is 27.4 Å². The molecule has 2 unspecified atom stereocenters. The van der Waals surface area contributed by atoms with Crippen LogP contribution in [-0.2, 0) is 0 Å². The molecule has 0 saturated carbocycles.